The molecule has 1 heterocycles. The van der Waals surface area contributed by atoms with E-state index in [1.54, 1.807) is 4.68 Å². The Morgan fingerprint density at radius 3 is 3.12 bits per heavy atom. The zero-order valence-corrected chi connectivity index (χ0v) is 10.5. The Bertz CT molecular complexity index is 335. The molecule has 5 nitrogen and oxygen atoms in total. The van der Waals surface area contributed by atoms with Gasteiger partial charge in [-0.2, -0.15) is 0 Å². The maximum atomic E-state index is 8.72. The van der Waals surface area contributed by atoms with Gasteiger partial charge < -0.3 is 10.4 Å². The van der Waals surface area contributed by atoms with Gasteiger partial charge in [-0.25, -0.2) is 0 Å². The van der Waals surface area contributed by atoms with Crippen LogP contribution >= 0.6 is 0 Å². The van der Waals surface area contributed by atoms with E-state index < -0.39 is 0 Å². The number of hydrogen-bond donors (Lipinski definition) is 2. The smallest absolute Gasteiger partial charge is 0.0964 e. The van der Waals surface area contributed by atoms with Crippen LogP contribution in [0.1, 0.15) is 31.9 Å². The number of aliphatic hydroxyl groups excluding tert-OH is 1. The molecule has 0 saturated heterocycles. The molecule has 1 atom stereocenters. The second-order valence-electron chi connectivity index (χ2n) is 5.00. The molecule has 1 aromatic heterocycles. The largest absolute Gasteiger partial charge is 0.396 e. The fourth-order valence-electron chi connectivity index (χ4n) is 2.02. The summed E-state index contributed by atoms with van der Waals surface area (Å²) in [5.41, 5.74) is 0.978. The van der Waals surface area contributed by atoms with Gasteiger partial charge in [0.2, 0.25) is 0 Å². The quantitative estimate of drug-likeness (QED) is 0.703. The lowest BCUT2D eigenvalue weighted by Gasteiger charge is -2.09. The molecule has 0 spiro atoms. The number of aromatic nitrogens is 3. The average Bonchev–Trinajstić information content (AvgIpc) is 3.08. The first kappa shape index (κ1) is 12.5. The number of rotatable bonds is 8. The second kappa shape index (κ2) is 6.12. The van der Waals surface area contributed by atoms with Gasteiger partial charge in [0.25, 0.3) is 0 Å². The van der Waals surface area contributed by atoms with Crippen molar-refractivity contribution >= 4 is 0 Å². The van der Waals surface area contributed by atoms with Crippen molar-refractivity contribution in [3.63, 3.8) is 0 Å². The topological polar surface area (TPSA) is 63.0 Å². The van der Waals surface area contributed by atoms with E-state index in [1.807, 2.05) is 6.20 Å². The molecule has 2 rings (SSSR count). The van der Waals surface area contributed by atoms with Crippen LogP contribution in [0, 0.1) is 11.8 Å². The molecule has 5 heteroatoms. The lowest BCUT2D eigenvalue weighted by Crippen LogP contribution is -2.22. The van der Waals surface area contributed by atoms with E-state index in [-0.39, 0.29) is 6.61 Å². The Hall–Kier alpha value is -0.940. The van der Waals surface area contributed by atoms with Crippen molar-refractivity contribution in [2.75, 3.05) is 13.2 Å². The SMILES string of the molecule is CC(CNCc1cn(CCCO)nn1)C1CC1. The first-order valence-electron chi connectivity index (χ1n) is 6.50. The molecule has 2 N–H and O–H groups in total. The number of aryl methyl sites for hydroxylation is 1. The molecular formula is C12H22N4O. The third-order valence-corrected chi connectivity index (χ3v) is 3.33. The third kappa shape index (κ3) is 4.09. The van der Waals surface area contributed by atoms with E-state index in [0.717, 1.165) is 43.6 Å². The number of hydrogen-bond acceptors (Lipinski definition) is 4. The van der Waals surface area contributed by atoms with E-state index in [1.165, 1.54) is 12.8 Å². The molecule has 1 aliphatic carbocycles. The highest BCUT2D eigenvalue weighted by molar-refractivity contribution is 4.92. The Labute approximate surface area is 102 Å². The summed E-state index contributed by atoms with van der Waals surface area (Å²) < 4.78 is 1.79. The molecule has 1 aliphatic rings. The highest BCUT2D eigenvalue weighted by Crippen LogP contribution is 2.36. The molecule has 1 aromatic rings. The molecule has 0 aromatic carbocycles. The van der Waals surface area contributed by atoms with Gasteiger partial charge in [0.05, 0.1) is 5.69 Å². The molecule has 0 amide bonds. The van der Waals surface area contributed by atoms with Gasteiger partial charge in [-0.15, -0.1) is 5.10 Å². The number of nitrogens with zero attached hydrogens (tertiary/aromatic N) is 3. The van der Waals surface area contributed by atoms with Gasteiger partial charge in [0, 0.05) is 25.9 Å². The third-order valence-electron chi connectivity index (χ3n) is 3.33. The van der Waals surface area contributed by atoms with Gasteiger partial charge >= 0.3 is 0 Å². The fraction of sp³-hybridized carbons (Fsp3) is 0.833. The van der Waals surface area contributed by atoms with Gasteiger partial charge in [-0.1, -0.05) is 12.1 Å². The summed E-state index contributed by atoms with van der Waals surface area (Å²) in [5.74, 6) is 1.72. The van der Waals surface area contributed by atoms with Crippen LogP contribution in [0.25, 0.3) is 0 Å². The van der Waals surface area contributed by atoms with Gasteiger partial charge in [-0.3, -0.25) is 4.68 Å². The first-order chi connectivity index (χ1) is 8.29. The Morgan fingerprint density at radius 2 is 2.41 bits per heavy atom. The summed E-state index contributed by atoms with van der Waals surface area (Å²) >= 11 is 0. The van der Waals surface area contributed by atoms with Crippen molar-refractivity contribution in [3.8, 4) is 0 Å². The highest BCUT2D eigenvalue weighted by Gasteiger charge is 2.27. The van der Waals surface area contributed by atoms with E-state index in [4.69, 9.17) is 5.11 Å². The van der Waals surface area contributed by atoms with Crippen LogP contribution in [-0.2, 0) is 13.1 Å². The molecule has 1 unspecified atom stereocenters. The van der Waals surface area contributed by atoms with Crippen molar-refractivity contribution < 1.29 is 5.11 Å². The van der Waals surface area contributed by atoms with Crippen LogP contribution in [0.4, 0.5) is 0 Å². The summed E-state index contributed by atoms with van der Waals surface area (Å²) in [6, 6.07) is 0. The molecule has 0 bridgehead atoms. The van der Waals surface area contributed by atoms with Gasteiger partial charge in [0.15, 0.2) is 0 Å². The van der Waals surface area contributed by atoms with Crippen molar-refractivity contribution in [1.29, 1.82) is 0 Å². The predicted molar refractivity (Wildman–Crippen MR) is 65.3 cm³/mol. The first-order valence-corrected chi connectivity index (χ1v) is 6.50. The minimum Gasteiger partial charge on any atom is -0.396 e. The zero-order chi connectivity index (χ0) is 12.1. The summed E-state index contributed by atoms with van der Waals surface area (Å²) in [7, 11) is 0. The van der Waals surface area contributed by atoms with Crippen molar-refractivity contribution in [3.05, 3.63) is 11.9 Å². The Kier molecular flexibility index (Phi) is 4.50. The van der Waals surface area contributed by atoms with Crippen LogP contribution in [0.3, 0.4) is 0 Å². The lowest BCUT2D eigenvalue weighted by molar-refractivity contribution is 0.276. The molecule has 96 valence electrons. The van der Waals surface area contributed by atoms with E-state index in [9.17, 15) is 0 Å². The summed E-state index contributed by atoms with van der Waals surface area (Å²) in [6.07, 6.45) is 5.49. The van der Waals surface area contributed by atoms with Crippen molar-refractivity contribution in [2.24, 2.45) is 11.8 Å². The molecular weight excluding hydrogens is 216 g/mol. The average molecular weight is 238 g/mol. The van der Waals surface area contributed by atoms with Crippen LogP contribution < -0.4 is 5.32 Å². The maximum Gasteiger partial charge on any atom is 0.0964 e. The second-order valence-corrected chi connectivity index (χ2v) is 5.00. The Balaban J connectivity index is 1.65. The van der Waals surface area contributed by atoms with Crippen LogP contribution in [-0.4, -0.2) is 33.3 Å². The number of nitrogens with one attached hydrogen (secondary N) is 1. The van der Waals surface area contributed by atoms with E-state index >= 15 is 0 Å². The molecule has 1 saturated carbocycles. The summed E-state index contributed by atoms with van der Waals surface area (Å²) in [4.78, 5) is 0. The van der Waals surface area contributed by atoms with Crippen molar-refractivity contribution in [1.82, 2.24) is 20.3 Å². The monoisotopic (exact) mass is 238 g/mol. The van der Waals surface area contributed by atoms with Gasteiger partial charge in [-0.05, 0) is 37.6 Å². The highest BCUT2D eigenvalue weighted by atomic mass is 16.3. The molecule has 17 heavy (non-hydrogen) atoms. The van der Waals surface area contributed by atoms with E-state index in [2.05, 4.69) is 22.6 Å². The van der Waals surface area contributed by atoms with Crippen molar-refractivity contribution in [2.45, 2.75) is 39.3 Å². The van der Waals surface area contributed by atoms with Gasteiger partial charge in [0.1, 0.15) is 0 Å². The Morgan fingerprint density at radius 1 is 1.59 bits per heavy atom. The minimum absolute atomic E-state index is 0.201. The molecule has 0 aliphatic heterocycles. The maximum absolute atomic E-state index is 8.72. The number of aliphatic hydroxyl groups is 1. The molecule has 1 fully saturated rings. The molecule has 0 radical (unpaired) electrons. The van der Waals surface area contributed by atoms with Crippen LogP contribution in [0.2, 0.25) is 0 Å². The minimum atomic E-state index is 0.201. The summed E-state index contributed by atoms with van der Waals surface area (Å²) in [5, 5.41) is 20.3. The standard InChI is InChI=1S/C12H22N4O/c1-10(11-3-4-11)7-13-8-12-9-16(15-14-12)5-2-6-17/h9-11,13,17H,2-8H2,1H3. The van der Waals surface area contributed by atoms with Crippen LogP contribution in [0.5, 0.6) is 0 Å². The van der Waals surface area contributed by atoms with E-state index in [0.29, 0.717) is 0 Å². The fourth-order valence-corrected chi connectivity index (χ4v) is 2.02. The van der Waals surface area contributed by atoms with Crippen LogP contribution in [0.15, 0.2) is 6.20 Å². The normalized spacial score (nSPS) is 17.3. The summed E-state index contributed by atoms with van der Waals surface area (Å²) in [6.45, 7) is 5.10. The lowest BCUT2D eigenvalue weighted by atomic mass is 10.1. The zero-order valence-electron chi connectivity index (χ0n) is 10.5. The predicted octanol–water partition coefficient (Wildman–Crippen LogP) is 0.796.